The van der Waals surface area contributed by atoms with E-state index >= 15 is 0 Å². The summed E-state index contributed by atoms with van der Waals surface area (Å²) in [6.45, 7) is 1.32. The normalized spacial score (nSPS) is 14.9. The quantitative estimate of drug-likeness (QED) is 0.743. The van der Waals surface area contributed by atoms with E-state index in [-0.39, 0.29) is 17.7 Å². The van der Waals surface area contributed by atoms with E-state index in [1.165, 1.54) is 31.4 Å². The maximum absolute atomic E-state index is 12.4. The van der Waals surface area contributed by atoms with E-state index in [0.29, 0.717) is 37.1 Å². The Labute approximate surface area is 171 Å². The first-order valence-electron chi connectivity index (χ1n) is 9.35. The highest BCUT2D eigenvalue weighted by Gasteiger charge is 2.31. The fraction of sp³-hybridized carbons (Fsp3) is 0.333. The molecule has 1 amide bonds. The minimum Gasteiger partial charge on any atom is -0.465 e. The number of carbonyl (C=O) groups is 2. The molecule has 3 rings (SSSR count). The molecule has 6 nitrogen and oxygen atoms in total. The molecular formula is C21H21F3N2O4. The summed E-state index contributed by atoms with van der Waals surface area (Å²) in [6.07, 6.45) is -3.31. The zero-order valence-corrected chi connectivity index (χ0v) is 16.2. The van der Waals surface area contributed by atoms with Crippen LogP contribution in [0, 0.1) is 0 Å². The van der Waals surface area contributed by atoms with Gasteiger partial charge in [-0.25, -0.2) is 4.79 Å². The highest BCUT2D eigenvalue weighted by Crippen LogP contribution is 2.26. The van der Waals surface area contributed by atoms with Crippen LogP contribution in [0.15, 0.2) is 48.5 Å². The average molecular weight is 422 g/mol. The summed E-state index contributed by atoms with van der Waals surface area (Å²) in [7, 11) is 1.29. The van der Waals surface area contributed by atoms with Crippen molar-refractivity contribution in [1.82, 2.24) is 5.32 Å². The van der Waals surface area contributed by atoms with E-state index in [1.807, 2.05) is 4.90 Å². The van der Waals surface area contributed by atoms with E-state index in [9.17, 15) is 22.8 Å². The molecule has 1 aliphatic heterocycles. The van der Waals surface area contributed by atoms with Crippen LogP contribution in [-0.4, -0.2) is 44.5 Å². The summed E-state index contributed by atoms with van der Waals surface area (Å²) in [5.74, 6) is -0.947. The van der Waals surface area contributed by atoms with E-state index in [1.54, 1.807) is 24.3 Å². The van der Waals surface area contributed by atoms with Gasteiger partial charge >= 0.3 is 12.3 Å². The number of ether oxygens (including phenoxy) is 2. The second-order valence-corrected chi connectivity index (χ2v) is 6.85. The maximum Gasteiger partial charge on any atom is 0.573 e. The zero-order chi connectivity index (χ0) is 21.7. The van der Waals surface area contributed by atoms with Crippen molar-refractivity contribution in [3.8, 4) is 5.75 Å². The number of methoxy groups -OCH3 is 1. The topological polar surface area (TPSA) is 67.9 Å². The summed E-state index contributed by atoms with van der Waals surface area (Å²) in [6, 6.07) is 11.9. The SMILES string of the molecule is COC(=O)c1ccc(C(=O)NC2CCN(c3ccc(OC(F)(F)F)cc3)CC2)cc1. The lowest BCUT2D eigenvalue weighted by molar-refractivity contribution is -0.274. The van der Waals surface area contributed by atoms with Crippen LogP contribution in [-0.2, 0) is 4.74 Å². The molecule has 0 aliphatic carbocycles. The molecule has 9 heteroatoms. The number of nitrogens with zero attached hydrogens (tertiary/aromatic N) is 1. The van der Waals surface area contributed by atoms with Crippen molar-refractivity contribution < 1.29 is 32.2 Å². The predicted molar refractivity (Wildman–Crippen MR) is 104 cm³/mol. The van der Waals surface area contributed by atoms with Crippen LogP contribution in [0.5, 0.6) is 5.75 Å². The van der Waals surface area contributed by atoms with Crippen LogP contribution in [0.25, 0.3) is 0 Å². The van der Waals surface area contributed by atoms with Gasteiger partial charge in [-0.15, -0.1) is 13.2 Å². The first-order valence-corrected chi connectivity index (χ1v) is 9.35. The molecular weight excluding hydrogens is 401 g/mol. The van der Waals surface area contributed by atoms with Gasteiger partial charge < -0.3 is 19.7 Å². The van der Waals surface area contributed by atoms with Gasteiger partial charge in [-0.05, 0) is 61.4 Å². The van der Waals surface area contributed by atoms with Gasteiger partial charge in [0.1, 0.15) is 5.75 Å². The number of rotatable bonds is 5. The molecule has 0 atom stereocenters. The summed E-state index contributed by atoms with van der Waals surface area (Å²) in [5.41, 5.74) is 1.62. The number of carbonyl (C=O) groups excluding carboxylic acids is 2. The molecule has 1 heterocycles. The van der Waals surface area contributed by atoms with Crippen LogP contribution >= 0.6 is 0 Å². The fourth-order valence-corrected chi connectivity index (χ4v) is 3.28. The second kappa shape index (κ2) is 9.06. The third kappa shape index (κ3) is 5.65. The largest absolute Gasteiger partial charge is 0.573 e. The molecule has 1 saturated heterocycles. The Kier molecular flexibility index (Phi) is 6.49. The average Bonchev–Trinajstić information content (AvgIpc) is 2.73. The molecule has 0 spiro atoms. The highest BCUT2D eigenvalue weighted by atomic mass is 19.4. The number of esters is 1. The predicted octanol–water partition coefficient (Wildman–Crippen LogP) is 3.77. The molecule has 0 saturated carbocycles. The highest BCUT2D eigenvalue weighted by molar-refractivity contribution is 5.96. The number of amides is 1. The first kappa shape index (κ1) is 21.5. The van der Waals surface area contributed by atoms with Gasteiger partial charge in [-0.2, -0.15) is 0 Å². The third-order valence-corrected chi connectivity index (χ3v) is 4.83. The lowest BCUT2D eigenvalue weighted by atomic mass is 10.0. The standard InChI is InChI=1S/C21H21F3N2O4/c1-29-20(28)15-4-2-14(3-5-15)19(27)25-16-10-12-26(13-11-16)17-6-8-18(9-7-17)30-21(22,23)24/h2-9,16H,10-13H2,1H3,(H,25,27). The molecule has 30 heavy (non-hydrogen) atoms. The molecule has 0 aromatic heterocycles. The van der Waals surface area contributed by atoms with Crippen LogP contribution < -0.4 is 15.0 Å². The molecule has 2 aromatic carbocycles. The van der Waals surface area contributed by atoms with Crippen LogP contribution in [0.4, 0.5) is 18.9 Å². The number of nitrogens with one attached hydrogen (secondary N) is 1. The van der Waals surface area contributed by atoms with Crippen molar-refractivity contribution in [2.75, 3.05) is 25.1 Å². The lowest BCUT2D eigenvalue weighted by Gasteiger charge is -2.34. The van der Waals surface area contributed by atoms with Crippen molar-refractivity contribution >= 4 is 17.6 Å². The first-order chi connectivity index (χ1) is 14.2. The number of benzene rings is 2. The van der Waals surface area contributed by atoms with Crippen molar-refractivity contribution in [2.45, 2.75) is 25.2 Å². The number of hydrogen-bond donors (Lipinski definition) is 1. The number of anilines is 1. The van der Waals surface area contributed by atoms with Gasteiger partial charge in [0.15, 0.2) is 0 Å². The molecule has 1 aliphatic rings. The Hall–Kier alpha value is -3.23. The molecule has 0 radical (unpaired) electrons. The van der Waals surface area contributed by atoms with E-state index in [4.69, 9.17) is 0 Å². The minimum absolute atomic E-state index is 0.0122. The monoisotopic (exact) mass is 422 g/mol. The summed E-state index contributed by atoms with van der Waals surface area (Å²) >= 11 is 0. The molecule has 0 bridgehead atoms. The smallest absolute Gasteiger partial charge is 0.465 e. The Balaban J connectivity index is 1.50. The zero-order valence-electron chi connectivity index (χ0n) is 16.2. The molecule has 160 valence electrons. The van der Waals surface area contributed by atoms with Crippen molar-refractivity contribution in [2.24, 2.45) is 0 Å². The second-order valence-electron chi connectivity index (χ2n) is 6.85. The third-order valence-electron chi connectivity index (χ3n) is 4.83. The summed E-state index contributed by atoms with van der Waals surface area (Å²) in [4.78, 5) is 25.9. The Morgan fingerprint density at radius 1 is 0.967 bits per heavy atom. The molecule has 1 fully saturated rings. The summed E-state index contributed by atoms with van der Waals surface area (Å²) < 4.78 is 45.3. The van der Waals surface area contributed by atoms with Gasteiger partial charge in [0.25, 0.3) is 5.91 Å². The van der Waals surface area contributed by atoms with E-state index < -0.39 is 12.3 Å². The number of halogens is 3. The minimum atomic E-state index is -4.71. The number of piperidine rings is 1. The van der Waals surface area contributed by atoms with Crippen molar-refractivity contribution in [1.29, 1.82) is 0 Å². The van der Waals surface area contributed by atoms with Gasteiger partial charge in [-0.3, -0.25) is 4.79 Å². The van der Waals surface area contributed by atoms with Crippen molar-refractivity contribution in [3.63, 3.8) is 0 Å². The van der Waals surface area contributed by atoms with Crippen LogP contribution in [0.2, 0.25) is 0 Å². The number of alkyl halides is 3. The number of hydrogen-bond acceptors (Lipinski definition) is 5. The van der Waals surface area contributed by atoms with E-state index in [0.717, 1.165) is 5.69 Å². The van der Waals surface area contributed by atoms with Gasteiger partial charge in [0.2, 0.25) is 0 Å². The summed E-state index contributed by atoms with van der Waals surface area (Å²) in [5, 5.41) is 2.98. The van der Waals surface area contributed by atoms with Crippen LogP contribution in [0.3, 0.4) is 0 Å². The Bertz CT molecular complexity index is 875. The van der Waals surface area contributed by atoms with Gasteiger partial charge in [-0.1, -0.05) is 0 Å². The maximum atomic E-state index is 12.4. The Morgan fingerprint density at radius 2 is 1.53 bits per heavy atom. The van der Waals surface area contributed by atoms with Crippen molar-refractivity contribution in [3.05, 3.63) is 59.7 Å². The van der Waals surface area contributed by atoms with Crippen LogP contribution in [0.1, 0.15) is 33.6 Å². The van der Waals surface area contributed by atoms with E-state index in [2.05, 4.69) is 14.8 Å². The molecule has 1 N–H and O–H groups in total. The molecule has 0 unspecified atom stereocenters. The lowest BCUT2D eigenvalue weighted by Crippen LogP contribution is -2.44. The van der Waals surface area contributed by atoms with Gasteiger partial charge in [0, 0.05) is 30.4 Å². The molecule has 2 aromatic rings. The van der Waals surface area contributed by atoms with Gasteiger partial charge in [0.05, 0.1) is 12.7 Å². The Morgan fingerprint density at radius 3 is 2.07 bits per heavy atom. The fourth-order valence-electron chi connectivity index (χ4n) is 3.28.